The van der Waals surface area contributed by atoms with Gasteiger partial charge in [0.05, 0.1) is 18.0 Å². The van der Waals surface area contributed by atoms with Crippen molar-refractivity contribution >= 4 is 45.6 Å². The lowest BCUT2D eigenvalue weighted by molar-refractivity contribution is 0.575. The van der Waals surface area contributed by atoms with Crippen LogP contribution < -0.4 is 9.62 Å². The summed E-state index contributed by atoms with van der Waals surface area (Å²) in [6, 6.07) is 17.7. The Hall–Kier alpha value is -1.81. The molecule has 28 heavy (non-hydrogen) atoms. The van der Waals surface area contributed by atoms with Gasteiger partial charge < -0.3 is 10.2 Å². The van der Waals surface area contributed by atoms with Crippen LogP contribution in [0.25, 0.3) is 0 Å². The first kappa shape index (κ1) is 22.5. The third-order valence-corrected chi connectivity index (χ3v) is 6.27. The number of guanidine groups is 1. The van der Waals surface area contributed by atoms with Gasteiger partial charge in [0.15, 0.2) is 5.96 Å². The van der Waals surface area contributed by atoms with E-state index in [1.165, 1.54) is 4.31 Å². The topological polar surface area (TPSA) is 65.0 Å². The van der Waals surface area contributed by atoms with E-state index in [1.54, 1.807) is 0 Å². The standard InChI is InChI=1S/C20H26N4O2S.HI/c1-23(2)20(22-16-17-8-4-3-5-9-17)21-13-15-27(25,26)24-14-12-18-10-6-7-11-19(18)24;/h3-11H,12-16H2,1-2H3,(H,21,22);1H. The summed E-state index contributed by atoms with van der Waals surface area (Å²) >= 11 is 0. The highest BCUT2D eigenvalue weighted by molar-refractivity contribution is 14.0. The quantitative estimate of drug-likeness (QED) is 0.366. The van der Waals surface area contributed by atoms with Crippen LogP contribution in [0.1, 0.15) is 11.1 Å². The Morgan fingerprint density at radius 2 is 1.79 bits per heavy atom. The summed E-state index contributed by atoms with van der Waals surface area (Å²) in [5, 5.41) is 3.16. The van der Waals surface area contributed by atoms with Crippen LogP contribution >= 0.6 is 24.0 Å². The number of halogens is 1. The van der Waals surface area contributed by atoms with Crippen molar-refractivity contribution in [3.05, 3.63) is 65.7 Å². The first-order chi connectivity index (χ1) is 13.0. The highest BCUT2D eigenvalue weighted by Crippen LogP contribution is 2.29. The second-order valence-electron chi connectivity index (χ2n) is 6.71. The molecule has 3 rings (SSSR count). The van der Waals surface area contributed by atoms with Crippen LogP contribution in [0.2, 0.25) is 0 Å². The number of fused-ring (bicyclic) bond motifs is 1. The summed E-state index contributed by atoms with van der Waals surface area (Å²) in [4.78, 5) is 6.43. The number of para-hydroxylation sites is 1. The Bertz CT molecular complexity index is 901. The summed E-state index contributed by atoms with van der Waals surface area (Å²) in [6.07, 6.45) is 0.768. The molecule has 0 radical (unpaired) electrons. The second kappa shape index (κ2) is 10.1. The maximum Gasteiger partial charge on any atom is 0.236 e. The van der Waals surface area contributed by atoms with Gasteiger partial charge in [-0.1, -0.05) is 48.5 Å². The Labute approximate surface area is 184 Å². The van der Waals surface area contributed by atoms with Gasteiger partial charge in [0.25, 0.3) is 0 Å². The average molecular weight is 514 g/mol. The third kappa shape index (κ3) is 5.60. The van der Waals surface area contributed by atoms with E-state index in [0.717, 1.165) is 23.2 Å². The fourth-order valence-corrected chi connectivity index (χ4v) is 4.53. The molecule has 1 heterocycles. The summed E-state index contributed by atoms with van der Waals surface area (Å²) in [5.41, 5.74) is 3.01. The van der Waals surface area contributed by atoms with Crippen LogP contribution in [0.3, 0.4) is 0 Å². The first-order valence-corrected chi connectivity index (χ1v) is 10.7. The molecule has 0 saturated carbocycles. The lowest BCUT2D eigenvalue weighted by Crippen LogP contribution is -2.41. The molecule has 0 fully saturated rings. The van der Waals surface area contributed by atoms with E-state index in [1.807, 2.05) is 73.6 Å². The van der Waals surface area contributed by atoms with E-state index in [0.29, 0.717) is 25.6 Å². The molecular formula is C20H27IN4O2S. The molecule has 1 N–H and O–H groups in total. The minimum atomic E-state index is -3.36. The molecule has 0 spiro atoms. The zero-order valence-corrected chi connectivity index (χ0v) is 19.4. The van der Waals surface area contributed by atoms with Crippen molar-refractivity contribution in [2.75, 3.05) is 37.2 Å². The maximum absolute atomic E-state index is 12.8. The van der Waals surface area contributed by atoms with Crippen molar-refractivity contribution in [3.63, 3.8) is 0 Å². The van der Waals surface area contributed by atoms with Crippen LogP contribution in [0.15, 0.2) is 59.6 Å². The third-order valence-electron chi connectivity index (χ3n) is 4.50. The number of anilines is 1. The molecule has 1 aliphatic heterocycles. The average Bonchev–Trinajstić information content (AvgIpc) is 3.10. The molecule has 0 aliphatic carbocycles. The summed E-state index contributed by atoms with van der Waals surface area (Å²) in [5.74, 6) is 0.704. The van der Waals surface area contributed by atoms with E-state index < -0.39 is 10.0 Å². The van der Waals surface area contributed by atoms with Gasteiger partial charge in [-0.15, -0.1) is 24.0 Å². The molecule has 0 amide bonds. The molecule has 152 valence electrons. The SMILES string of the molecule is CN(C)C(=NCc1ccccc1)NCCS(=O)(=O)N1CCc2ccccc21.I. The predicted octanol–water partition coefficient (Wildman–Crippen LogP) is 2.70. The number of aliphatic imine (C=N–C) groups is 1. The van der Waals surface area contributed by atoms with Crippen LogP contribution in [0.5, 0.6) is 0 Å². The van der Waals surface area contributed by atoms with Crippen molar-refractivity contribution in [2.45, 2.75) is 13.0 Å². The smallest absolute Gasteiger partial charge is 0.236 e. The molecule has 8 heteroatoms. The van der Waals surface area contributed by atoms with Crippen LogP contribution in [-0.4, -0.2) is 52.2 Å². The van der Waals surface area contributed by atoms with Gasteiger partial charge in [-0.25, -0.2) is 13.4 Å². The van der Waals surface area contributed by atoms with E-state index in [9.17, 15) is 8.42 Å². The molecule has 0 saturated heterocycles. The zero-order chi connectivity index (χ0) is 19.3. The monoisotopic (exact) mass is 514 g/mol. The Kier molecular flexibility index (Phi) is 8.11. The van der Waals surface area contributed by atoms with E-state index in [-0.39, 0.29) is 29.7 Å². The number of nitrogens with zero attached hydrogens (tertiary/aromatic N) is 3. The number of rotatable bonds is 6. The fourth-order valence-electron chi connectivity index (χ4n) is 3.10. The molecule has 2 aromatic carbocycles. The predicted molar refractivity (Wildman–Crippen MR) is 126 cm³/mol. The number of hydrogen-bond acceptors (Lipinski definition) is 3. The number of nitrogens with one attached hydrogen (secondary N) is 1. The molecule has 2 aromatic rings. The summed E-state index contributed by atoms with van der Waals surface area (Å²) in [7, 11) is 0.417. The molecule has 6 nitrogen and oxygen atoms in total. The zero-order valence-electron chi connectivity index (χ0n) is 16.2. The van der Waals surface area contributed by atoms with E-state index in [2.05, 4.69) is 10.3 Å². The molecular weight excluding hydrogens is 487 g/mol. The number of hydrogen-bond donors (Lipinski definition) is 1. The van der Waals surface area contributed by atoms with Gasteiger partial charge in [-0.05, 0) is 23.6 Å². The Morgan fingerprint density at radius 3 is 2.50 bits per heavy atom. The fraction of sp³-hybridized carbons (Fsp3) is 0.350. The molecule has 0 atom stereocenters. The molecule has 0 aromatic heterocycles. The van der Waals surface area contributed by atoms with Crippen molar-refractivity contribution in [1.29, 1.82) is 0 Å². The van der Waals surface area contributed by atoms with E-state index >= 15 is 0 Å². The maximum atomic E-state index is 12.8. The number of benzene rings is 2. The molecule has 1 aliphatic rings. The largest absolute Gasteiger partial charge is 0.355 e. The highest BCUT2D eigenvalue weighted by atomic mass is 127. The van der Waals surface area contributed by atoms with Crippen LogP contribution in [0, 0.1) is 0 Å². The minimum Gasteiger partial charge on any atom is -0.355 e. The minimum absolute atomic E-state index is 0. The summed E-state index contributed by atoms with van der Waals surface area (Å²) < 4.78 is 27.0. The van der Waals surface area contributed by atoms with Crippen molar-refractivity contribution in [3.8, 4) is 0 Å². The van der Waals surface area contributed by atoms with Gasteiger partial charge in [-0.3, -0.25) is 4.31 Å². The van der Waals surface area contributed by atoms with E-state index in [4.69, 9.17) is 0 Å². The van der Waals surface area contributed by atoms with Crippen molar-refractivity contribution < 1.29 is 8.42 Å². The highest BCUT2D eigenvalue weighted by Gasteiger charge is 2.28. The normalized spacial score (nSPS) is 13.6. The Morgan fingerprint density at radius 1 is 1.11 bits per heavy atom. The van der Waals surface area contributed by atoms with Crippen LogP contribution in [0.4, 0.5) is 5.69 Å². The van der Waals surface area contributed by atoms with Gasteiger partial charge in [0, 0.05) is 27.2 Å². The second-order valence-corrected chi connectivity index (χ2v) is 8.73. The number of sulfonamides is 1. The first-order valence-electron chi connectivity index (χ1n) is 9.05. The van der Waals surface area contributed by atoms with Gasteiger partial charge in [0.1, 0.15) is 0 Å². The van der Waals surface area contributed by atoms with Crippen molar-refractivity contribution in [2.24, 2.45) is 4.99 Å². The Balaban J connectivity index is 0.00000280. The molecule has 0 unspecified atom stereocenters. The van der Waals surface area contributed by atoms with Gasteiger partial charge in [0.2, 0.25) is 10.0 Å². The van der Waals surface area contributed by atoms with Crippen molar-refractivity contribution in [1.82, 2.24) is 10.2 Å². The lowest BCUT2D eigenvalue weighted by atomic mass is 10.2. The lowest BCUT2D eigenvalue weighted by Gasteiger charge is -2.21. The van der Waals surface area contributed by atoms with Gasteiger partial charge in [-0.2, -0.15) is 0 Å². The summed E-state index contributed by atoms with van der Waals surface area (Å²) in [6.45, 7) is 1.38. The van der Waals surface area contributed by atoms with Crippen LogP contribution in [-0.2, 0) is 23.0 Å². The molecule has 0 bridgehead atoms. The van der Waals surface area contributed by atoms with Gasteiger partial charge >= 0.3 is 0 Å².